The molecule has 2 atom stereocenters. The van der Waals surface area contributed by atoms with Crippen LogP contribution in [0.2, 0.25) is 0 Å². The molecule has 1 aromatic rings. The third-order valence-corrected chi connectivity index (χ3v) is 3.50. The number of carbonyl (C=O) groups excluding carboxylic acids is 1. The van der Waals surface area contributed by atoms with Crippen LogP contribution in [0.25, 0.3) is 0 Å². The lowest BCUT2D eigenvalue weighted by Crippen LogP contribution is -2.44. The summed E-state index contributed by atoms with van der Waals surface area (Å²) in [7, 11) is 1.91. The zero-order chi connectivity index (χ0) is 16.0. The highest BCUT2D eigenvalue weighted by atomic mass is 16.3. The molecule has 1 heterocycles. The lowest BCUT2D eigenvalue weighted by Gasteiger charge is -2.30. The SMILES string of the molecule is CCC(N)C(c1ccc(C)o1)N(C)CC(=O)NCC(C)C. The van der Waals surface area contributed by atoms with Crippen molar-refractivity contribution in [2.75, 3.05) is 20.1 Å². The van der Waals surface area contributed by atoms with Crippen molar-refractivity contribution in [3.05, 3.63) is 23.7 Å². The summed E-state index contributed by atoms with van der Waals surface area (Å²) in [5.41, 5.74) is 6.22. The molecule has 2 unspecified atom stereocenters. The lowest BCUT2D eigenvalue weighted by atomic mass is 10.0. The zero-order valence-corrected chi connectivity index (χ0v) is 13.8. The second kappa shape index (κ2) is 8.20. The van der Waals surface area contributed by atoms with Crippen LogP contribution in [-0.4, -0.2) is 37.0 Å². The minimum Gasteiger partial charge on any atom is -0.465 e. The summed E-state index contributed by atoms with van der Waals surface area (Å²) in [6.45, 7) is 9.10. The summed E-state index contributed by atoms with van der Waals surface area (Å²) in [5, 5.41) is 2.93. The summed E-state index contributed by atoms with van der Waals surface area (Å²) >= 11 is 0. The first-order valence-electron chi connectivity index (χ1n) is 7.64. The molecular weight excluding hydrogens is 266 g/mol. The largest absolute Gasteiger partial charge is 0.465 e. The molecule has 0 spiro atoms. The Morgan fingerprint density at radius 3 is 2.57 bits per heavy atom. The molecule has 0 aliphatic heterocycles. The van der Waals surface area contributed by atoms with E-state index in [0.717, 1.165) is 17.9 Å². The van der Waals surface area contributed by atoms with E-state index >= 15 is 0 Å². The highest BCUT2D eigenvalue weighted by molar-refractivity contribution is 5.78. The van der Waals surface area contributed by atoms with E-state index in [2.05, 4.69) is 19.2 Å². The first-order valence-corrected chi connectivity index (χ1v) is 7.64. The van der Waals surface area contributed by atoms with Gasteiger partial charge in [-0.1, -0.05) is 20.8 Å². The second-order valence-electron chi connectivity index (χ2n) is 6.08. The van der Waals surface area contributed by atoms with Gasteiger partial charge in [0.1, 0.15) is 11.5 Å². The van der Waals surface area contributed by atoms with Crippen LogP contribution in [0.5, 0.6) is 0 Å². The van der Waals surface area contributed by atoms with Crippen LogP contribution in [0.4, 0.5) is 0 Å². The van der Waals surface area contributed by atoms with Crippen molar-refractivity contribution in [3.8, 4) is 0 Å². The van der Waals surface area contributed by atoms with Crippen molar-refractivity contribution in [2.24, 2.45) is 11.7 Å². The molecule has 0 aromatic carbocycles. The number of nitrogens with two attached hydrogens (primary N) is 1. The highest BCUT2D eigenvalue weighted by Crippen LogP contribution is 2.25. The van der Waals surface area contributed by atoms with Crippen molar-refractivity contribution in [2.45, 2.75) is 46.2 Å². The highest BCUT2D eigenvalue weighted by Gasteiger charge is 2.27. The fourth-order valence-electron chi connectivity index (χ4n) is 2.29. The number of amides is 1. The van der Waals surface area contributed by atoms with E-state index in [0.29, 0.717) is 19.0 Å². The van der Waals surface area contributed by atoms with Crippen LogP contribution in [0.3, 0.4) is 0 Å². The van der Waals surface area contributed by atoms with Crippen LogP contribution in [-0.2, 0) is 4.79 Å². The third kappa shape index (κ3) is 5.52. The molecule has 3 N–H and O–H groups in total. The lowest BCUT2D eigenvalue weighted by molar-refractivity contribution is -0.122. The quantitative estimate of drug-likeness (QED) is 0.770. The molecule has 5 nitrogen and oxygen atoms in total. The van der Waals surface area contributed by atoms with Crippen molar-refractivity contribution in [3.63, 3.8) is 0 Å². The Balaban J connectivity index is 2.72. The first kappa shape index (κ1) is 17.7. The van der Waals surface area contributed by atoms with Gasteiger partial charge in [0.2, 0.25) is 5.91 Å². The van der Waals surface area contributed by atoms with Crippen LogP contribution < -0.4 is 11.1 Å². The molecule has 1 aromatic heterocycles. The Kier molecular flexibility index (Phi) is 6.92. The second-order valence-corrected chi connectivity index (χ2v) is 6.08. The van der Waals surface area contributed by atoms with Crippen molar-refractivity contribution in [1.82, 2.24) is 10.2 Å². The van der Waals surface area contributed by atoms with E-state index in [1.165, 1.54) is 0 Å². The van der Waals surface area contributed by atoms with Crippen LogP contribution >= 0.6 is 0 Å². The van der Waals surface area contributed by atoms with Crippen LogP contribution in [0, 0.1) is 12.8 Å². The molecule has 0 aliphatic carbocycles. The molecule has 0 saturated heterocycles. The Hall–Kier alpha value is -1.33. The van der Waals surface area contributed by atoms with E-state index < -0.39 is 0 Å². The predicted molar refractivity (Wildman–Crippen MR) is 84.9 cm³/mol. The van der Waals surface area contributed by atoms with Gasteiger partial charge in [0, 0.05) is 12.6 Å². The van der Waals surface area contributed by atoms with E-state index in [1.807, 2.05) is 37.9 Å². The molecular formula is C16H29N3O2. The number of carbonyl (C=O) groups is 1. The third-order valence-electron chi connectivity index (χ3n) is 3.50. The first-order chi connectivity index (χ1) is 9.85. The molecule has 0 fully saturated rings. The maximum atomic E-state index is 12.0. The fraction of sp³-hybridized carbons (Fsp3) is 0.688. The number of hydrogen-bond acceptors (Lipinski definition) is 4. The minimum atomic E-state index is -0.0894. The van der Waals surface area contributed by atoms with E-state index in [-0.39, 0.29) is 18.0 Å². The fourth-order valence-corrected chi connectivity index (χ4v) is 2.29. The van der Waals surface area contributed by atoms with Gasteiger partial charge >= 0.3 is 0 Å². The predicted octanol–water partition coefficient (Wildman–Crippen LogP) is 2.07. The van der Waals surface area contributed by atoms with Gasteiger partial charge in [-0.3, -0.25) is 9.69 Å². The normalized spacial score (nSPS) is 14.5. The molecule has 0 radical (unpaired) electrons. The van der Waals surface area contributed by atoms with E-state index in [9.17, 15) is 4.79 Å². The van der Waals surface area contributed by atoms with Gasteiger partial charge in [0.15, 0.2) is 0 Å². The average molecular weight is 295 g/mol. The standard InChI is InChI=1S/C16H29N3O2/c1-6-13(17)16(14-8-7-12(4)21-14)19(5)10-15(20)18-9-11(2)3/h7-8,11,13,16H,6,9-10,17H2,1-5H3,(H,18,20). The number of aryl methyl sites for hydroxylation is 1. The topological polar surface area (TPSA) is 71.5 Å². The van der Waals surface area contributed by atoms with E-state index in [4.69, 9.17) is 10.2 Å². The van der Waals surface area contributed by atoms with Gasteiger partial charge in [0.25, 0.3) is 0 Å². The Labute approximate surface area is 127 Å². The monoisotopic (exact) mass is 295 g/mol. The molecule has 5 heteroatoms. The van der Waals surface area contributed by atoms with Crippen molar-refractivity contribution in [1.29, 1.82) is 0 Å². The summed E-state index contributed by atoms with van der Waals surface area (Å²) in [6.07, 6.45) is 0.822. The summed E-state index contributed by atoms with van der Waals surface area (Å²) in [5.74, 6) is 2.14. The Morgan fingerprint density at radius 1 is 1.43 bits per heavy atom. The Bertz CT molecular complexity index is 442. The van der Waals surface area contributed by atoms with Gasteiger partial charge in [-0.15, -0.1) is 0 Å². The Morgan fingerprint density at radius 2 is 2.10 bits per heavy atom. The molecule has 0 aliphatic rings. The number of furan rings is 1. The molecule has 120 valence electrons. The van der Waals surface area contributed by atoms with Crippen LogP contribution in [0.1, 0.15) is 44.8 Å². The summed E-state index contributed by atoms with van der Waals surface area (Å²) in [4.78, 5) is 13.9. The number of likely N-dealkylation sites (N-methyl/N-ethyl adjacent to an activating group) is 1. The van der Waals surface area contributed by atoms with E-state index in [1.54, 1.807) is 0 Å². The van der Waals surface area contributed by atoms with Gasteiger partial charge < -0.3 is 15.5 Å². The molecule has 1 rings (SSSR count). The van der Waals surface area contributed by atoms with Crippen molar-refractivity contribution < 1.29 is 9.21 Å². The molecule has 0 bridgehead atoms. The van der Waals surface area contributed by atoms with Gasteiger partial charge in [0.05, 0.1) is 12.6 Å². The molecule has 0 saturated carbocycles. The van der Waals surface area contributed by atoms with Crippen LogP contribution in [0.15, 0.2) is 16.5 Å². The summed E-state index contributed by atoms with van der Waals surface area (Å²) < 4.78 is 5.72. The maximum absolute atomic E-state index is 12.0. The molecule has 1 amide bonds. The zero-order valence-electron chi connectivity index (χ0n) is 13.8. The summed E-state index contributed by atoms with van der Waals surface area (Å²) in [6, 6.07) is 3.71. The van der Waals surface area contributed by atoms with Gasteiger partial charge in [-0.25, -0.2) is 0 Å². The molecule has 21 heavy (non-hydrogen) atoms. The van der Waals surface area contributed by atoms with Gasteiger partial charge in [-0.05, 0) is 38.4 Å². The van der Waals surface area contributed by atoms with Crippen molar-refractivity contribution >= 4 is 5.91 Å². The minimum absolute atomic E-state index is 0.0165. The number of nitrogens with one attached hydrogen (secondary N) is 1. The maximum Gasteiger partial charge on any atom is 0.234 e. The average Bonchev–Trinajstić information content (AvgIpc) is 2.82. The number of hydrogen-bond donors (Lipinski definition) is 2. The number of rotatable bonds is 8. The smallest absolute Gasteiger partial charge is 0.234 e. The number of nitrogens with zero attached hydrogens (tertiary/aromatic N) is 1. The van der Waals surface area contributed by atoms with Gasteiger partial charge in [-0.2, -0.15) is 0 Å².